The van der Waals surface area contributed by atoms with E-state index in [9.17, 15) is 24.3 Å². The smallest absolute Gasteiger partial charge is 0.342 e. The molecule has 0 radical (unpaired) electrons. The summed E-state index contributed by atoms with van der Waals surface area (Å²) in [5.41, 5.74) is 7.29. The lowest BCUT2D eigenvalue weighted by atomic mass is 9.95. The molecule has 2 aromatic rings. The number of rotatable bonds is 5. The van der Waals surface area contributed by atoms with Crippen molar-refractivity contribution in [2.75, 3.05) is 0 Å². The second-order valence-electron chi connectivity index (χ2n) is 9.08. The number of hydrogen-bond acceptors (Lipinski definition) is 9. The molecule has 0 aromatic heterocycles. The number of nitrogens with two attached hydrogens (primary N) is 1. The molecular formula is C24H23N3O7S. The lowest BCUT2D eigenvalue weighted by Crippen LogP contribution is -2.71. The third-order valence-electron chi connectivity index (χ3n) is 6.37. The zero-order valence-corrected chi connectivity index (χ0v) is 19.7. The van der Waals surface area contributed by atoms with Gasteiger partial charge < -0.3 is 30.5 Å². The quantitative estimate of drug-likeness (QED) is 0.411. The summed E-state index contributed by atoms with van der Waals surface area (Å²) in [4.78, 5) is 52.3. The van der Waals surface area contributed by atoms with Gasteiger partial charge in [-0.25, -0.2) is 9.59 Å². The van der Waals surface area contributed by atoms with E-state index in [1.54, 1.807) is 24.3 Å². The molecule has 0 spiro atoms. The van der Waals surface area contributed by atoms with E-state index >= 15 is 0 Å². The molecule has 11 heteroatoms. The van der Waals surface area contributed by atoms with E-state index in [0.29, 0.717) is 16.7 Å². The fourth-order valence-corrected chi connectivity index (χ4v) is 6.19. The van der Waals surface area contributed by atoms with E-state index in [1.165, 1.54) is 40.9 Å². The Morgan fingerprint density at radius 2 is 1.86 bits per heavy atom. The number of nitrogens with zero attached hydrogens (tertiary/aromatic N) is 1. The number of aromatic hydroxyl groups is 1. The highest BCUT2D eigenvalue weighted by molar-refractivity contribution is 8.01. The maximum Gasteiger partial charge on any atom is 0.342 e. The number of esters is 2. The van der Waals surface area contributed by atoms with Gasteiger partial charge in [0.05, 0.1) is 5.56 Å². The monoisotopic (exact) mass is 497 g/mol. The summed E-state index contributed by atoms with van der Waals surface area (Å²) in [6.45, 7) is 3.62. The number of carbonyl (C=O) groups excluding carboxylic acids is 4. The van der Waals surface area contributed by atoms with Crippen LogP contribution in [0.1, 0.15) is 47.7 Å². The first-order chi connectivity index (χ1) is 16.6. The number of hydrogen-bond donors (Lipinski definition) is 3. The van der Waals surface area contributed by atoms with Crippen LogP contribution in [-0.4, -0.2) is 56.0 Å². The van der Waals surface area contributed by atoms with Crippen LogP contribution in [0.3, 0.4) is 0 Å². The minimum absolute atomic E-state index is 0.0459. The third-order valence-corrected chi connectivity index (χ3v) is 7.94. The van der Waals surface area contributed by atoms with Crippen LogP contribution in [0, 0.1) is 0 Å². The first kappa shape index (κ1) is 23.2. The molecule has 3 heterocycles. The predicted octanol–water partition coefficient (Wildman–Crippen LogP) is 1.35. The molecule has 3 aliphatic rings. The van der Waals surface area contributed by atoms with Crippen LogP contribution in [0.5, 0.6) is 5.75 Å². The zero-order valence-electron chi connectivity index (χ0n) is 18.8. The number of nitrogens with one attached hydrogen (secondary N) is 1. The number of benzene rings is 2. The highest BCUT2D eigenvalue weighted by Crippen LogP contribution is 2.51. The largest absolute Gasteiger partial charge is 0.508 e. The Labute approximate surface area is 204 Å². The molecule has 5 rings (SSSR count). The number of amides is 2. The molecule has 2 aromatic carbocycles. The second kappa shape index (κ2) is 8.28. The van der Waals surface area contributed by atoms with Crippen LogP contribution in [0.25, 0.3) is 0 Å². The standard InChI is InChI=1S/C24H23N3O7S/c1-24(2)17(22(32)34-23-14-6-4-3-5-13(14)21(31)33-23)27-19(30)16(20(27)35-24)26-18(29)15(25)11-7-9-12(28)10-8-11/h3-10,15-17,20,23,28H,25H2,1-2H3,(H,26,29)/t15-,16?,17+,20-,23?/m1/s1. The zero-order chi connectivity index (χ0) is 25.1. The average molecular weight is 498 g/mol. The number of phenols is 1. The van der Waals surface area contributed by atoms with Crippen LogP contribution in [-0.2, 0) is 23.9 Å². The van der Waals surface area contributed by atoms with Gasteiger partial charge >= 0.3 is 11.9 Å². The topological polar surface area (TPSA) is 148 Å². The van der Waals surface area contributed by atoms with Crippen molar-refractivity contribution in [1.82, 2.24) is 10.2 Å². The molecule has 3 aliphatic heterocycles. The lowest BCUT2D eigenvalue weighted by molar-refractivity contribution is -0.180. The Morgan fingerprint density at radius 3 is 2.57 bits per heavy atom. The Balaban J connectivity index is 1.28. The van der Waals surface area contributed by atoms with Crippen molar-refractivity contribution in [1.29, 1.82) is 0 Å². The van der Waals surface area contributed by atoms with Crippen molar-refractivity contribution in [3.05, 3.63) is 65.2 Å². The molecule has 5 atom stereocenters. The van der Waals surface area contributed by atoms with Gasteiger partial charge in [0.15, 0.2) is 0 Å². The molecule has 0 bridgehead atoms. The van der Waals surface area contributed by atoms with Crippen molar-refractivity contribution >= 4 is 35.5 Å². The Hall–Kier alpha value is -3.57. The summed E-state index contributed by atoms with van der Waals surface area (Å²) in [6.07, 6.45) is -1.18. The molecule has 4 N–H and O–H groups in total. The number of β-lactam (4-membered cyclic amide) rings is 1. The number of carbonyl (C=O) groups is 4. The molecule has 182 valence electrons. The van der Waals surface area contributed by atoms with Gasteiger partial charge in [0.25, 0.3) is 6.29 Å². The van der Waals surface area contributed by atoms with E-state index in [0.717, 1.165) is 0 Å². The van der Waals surface area contributed by atoms with Crippen molar-refractivity contribution in [2.45, 2.75) is 48.4 Å². The van der Waals surface area contributed by atoms with Crippen molar-refractivity contribution in [2.24, 2.45) is 5.73 Å². The van der Waals surface area contributed by atoms with Gasteiger partial charge in [0.2, 0.25) is 11.8 Å². The fraction of sp³-hybridized carbons (Fsp3) is 0.333. The van der Waals surface area contributed by atoms with E-state index in [1.807, 2.05) is 13.8 Å². The molecule has 10 nitrogen and oxygen atoms in total. The minimum atomic E-state index is -1.18. The fourth-order valence-electron chi connectivity index (χ4n) is 4.57. The van der Waals surface area contributed by atoms with Gasteiger partial charge in [-0.3, -0.25) is 9.59 Å². The number of cyclic esters (lactones) is 1. The van der Waals surface area contributed by atoms with Crippen molar-refractivity contribution < 1.29 is 33.8 Å². The molecule has 2 amide bonds. The maximum absolute atomic E-state index is 13.2. The molecular weight excluding hydrogens is 474 g/mol. The van der Waals surface area contributed by atoms with Crippen LogP contribution >= 0.6 is 11.8 Å². The van der Waals surface area contributed by atoms with Crippen molar-refractivity contribution in [3.8, 4) is 5.75 Å². The number of thioether (sulfide) groups is 1. The molecule has 0 aliphatic carbocycles. The van der Waals surface area contributed by atoms with Gasteiger partial charge in [-0.05, 0) is 37.6 Å². The maximum atomic E-state index is 13.2. The summed E-state index contributed by atoms with van der Waals surface area (Å²) in [5.74, 6) is -2.20. The first-order valence-corrected chi connectivity index (χ1v) is 11.8. The van der Waals surface area contributed by atoms with Gasteiger partial charge in [-0.15, -0.1) is 11.8 Å². The highest BCUT2D eigenvalue weighted by Gasteiger charge is 2.65. The molecule has 35 heavy (non-hydrogen) atoms. The van der Waals surface area contributed by atoms with Gasteiger partial charge in [-0.2, -0.15) is 0 Å². The summed E-state index contributed by atoms with van der Waals surface area (Å²) in [7, 11) is 0. The first-order valence-electron chi connectivity index (χ1n) is 10.9. The van der Waals surface area contributed by atoms with Gasteiger partial charge in [0.1, 0.15) is 29.2 Å². The van der Waals surface area contributed by atoms with E-state index in [-0.39, 0.29) is 5.75 Å². The summed E-state index contributed by atoms with van der Waals surface area (Å²) < 4.78 is 10.0. The van der Waals surface area contributed by atoms with Crippen LogP contribution in [0.4, 0.5) is 0 Å². The van der Waals surface area contributed by atoms with Gasteiger partial charge in [-0.1, -0.05) is 30.3 Å². The van der Waals surface area contributed by atoms with Gasteiger partial charge in [0, 0.05) is 10.3 Å². The highest BCUT2D eigenvalue weighted by atomic mass is 32.2. The van der Waals surface area contributed by atoms with Crippen molar-refractivity contribution in [3.63, 3.8) is 0 Å². The lowest BCUT2D eigenvalue weighted by Gasteiger charge is -2.44. The van der Waals surface area contributed by atoms with E-state index in [2.05, 4.69) is 5.32 Å². The summed E-state index contributed by atoms with van der Waals surface area (Å²) in [6, 6.07) is 9.72. The Morgan fingerprint density at radius 1 is 1.17 bits per heavy atom. The Bertz CT molecular complexity index is 1230. The predicted molar refractivity (Wildman–Crippen MR) is 124 cm³/mol. The minimum Gasteiger partial charge on any atom is -0.508 e. The molecule has 2 unspecified atom stereocenters. The average Bonchev–Trinajstić information content (AvgIpc) is 3.28. The number of phenolic OH excluding ortho intramolecular Hbond substituents is 1. The number of ether oxygens (including phenoxy) is 2. The van der Waals surface area contributed by atoms with Crippen LogP contribution in [0.2, 0.25) is 0 Å². The SMILES string of the molecule is CC1(C)S[C@@H]2C(NC(=O)[C@H](N)c3ccc(O)cc3)C(=O)N2[C@H]1C(=O)OC1OC(=O)c2ccccc21. The van der Waals surface area contributed by atoms with E-state index < -0.39 is 58.3 Å². The molecule has 2 saturated heterocycles. The number of fused-ring (bicyclic) bond motifs is 2. The summed E-state index contributed by atoms with van der Waals surface area (Å²) in [5, 5.41) is 11.6. The normalized spacial score (nSPS) is 26.8. The summed E-state index contributed by atoms with van der Waals surface area (Å²) >= 11 is 1.37. The molecule has 0 saturated carbocycles. The second-order valence-corrected chi connectivity index (χ2v) is 10.8. The van der Waals surface area contributed by atoms with Crippen LogP contribution in [0.15, 0.2) is 48.5 Å². The Kier molecular flexibility index (Phi) is 5.48. The van der Waals surface area contributed by atoms with Crippen LogP contribution < -0.4 is 11.1 Å². The van der Waals surface area contributed by atoms with E-state index in [4.69, 9.17) is 15.2 Å². The molecule has 2 fully saturated rings. The third kappa shape index (κ3) is 3.80.